The number of hydrogen-bond acceptors (Lipinski definition) is 8. The van der Waals surface area contributed by atoms with Crippen molar-refractivity contribution >= 4 is 11.7 Å². The molecule has 0 atom stereocenters. The van der Waals surface area contributed by atoms with Crippen LogP contribution >= 0.6 is 0 Å². The number of carbonyl (C=O) groups is 1. The molecule has 0 unspecified atom stereocenters. The fraction of sp³-hybridized carbons (Fsp3) is 0.444. The molecule has 144 valence electrons. The van der Waals surface area contributed by atoms with E-state index in [1.165, 1.54) is 7.11 Å². The van der Waals surface area contributed by atoms with Gasteiger partial charge in [-0.25, -0.2) is 10.5 Å². The Bertz CT molecular complexity index is 776. The third-order valence-electron chi connectivity index (χ3n) is 4.35. The average Bonchev–Trinajstić information content (AvgIpc) is 2.69. The second kappa shape index (κ2) is 8.63. The van der Waals surface area contributed by atoms with Gasteiger partial charge < -0.3 is 14.4 Å². The molecule has 9 heteroatoms. The second-order valence-corrected chi connectivity index (χ2v) is 6.21. The van der Waals surface area contributed by atoms with Crippen LogP contribution in [0.25, 0.3) is 0 Å². The Balaban J connectivity index is 1.57. The van der Waals surface area contributed by atoms with Crippen LogP contribution in [0.1, 0.15) is 28.9 Å². The van der Waals surface area contributed by atoms with Crippen molar-refractivity contribution in [3.05, 3.63) is 35.7 Å². The first-order valence-electron chi connectivity index (χ1n) is 8.70. The van der Waals surface area contributed by atoms with E-state index in [9.17, 15) is 4.79 Å². The standard InChI is InChI=1S/C18H23N5O4/c1-12-10-15(18(24)22-26-3)20-21-17(12)23-8-6-13(7-9-23)27-14-4-5-16(25-2)19-11-14/h4-5,10-11,13H,6-9H2,1-3H3,(H,22,24). The Morgan fingerprint density at radius 3 is 2.59 bits per heavy atom. The van der Waals surface area contributed by atoms with Crippen LogP contribution in [0.15, 0.2) is 24.4 Å². The van der Waals surface area contributed by atoms with E-state index in [1.807, 2.05) is 13.0 Å². The lowest BCUT2D eigenvalue weighted by molar-refractivity contribution is 0.0531. The van der Waals surface area contributed by atoms with Gasteiger partial charge in [0.1, 0.15) is 11.9 Å². The van der Waals surface area contributed by atoms with Crippen LogP contribution in [0.5, 0.6) is 11.6 Å². The van der Waals surface area contributed by atoms with E-state index in [0.717, 1.165) is 43.1 Å². The van der Waals surface area contributed by atoms with Crippen molar-refractivity contribution in [1.29, 1.82) is 0 Å². The molecule has 2 aromatic rings. The predicted octanol–water partition coefficient (Wildman–Crippen LogP) is 1.53. The second-order valence-electron chi connectivity index (χ2n) is 6.21. The minimum Gasteiger partial charge on any atom is -0.489 e. The van der Waals surface area contributed by atoms with Crippen LogP contribution in [0.2, 0.25) is 0 Å². The van der Waals surface area contributed by atoms with Crippen LogP contribution in [-0.2, 0) is 4.84 Å². The highest BCUT2D eigenvalue weighted by Gasteiger charge is 2.23. The molecule has 1 saturated heterocycles. The number of amides is 1. The lowest BCUT2D eigenvalue weighted by Gasteiger charge is -2.33. The molecule has 0 bridgehead atoms. The number of piperidine rings is 1. The molecule has 0 aromatic carbocycles. The first-order chi connectivity index (χ1) is 13.1. The summed E-state index contributed by atoms with van der Waals surface area (Å²) in [6.45, 7) is 3.51. The summed E-state index contributed by atoms with van der Waals surface area (Å²) >= 11 is 0. The van der Waals surface area contributed by atoms with Crippen molar-refractivity contribution in [2.24, 2.45) is 0 Å². The largest absolute Gasteiger partial charge is 0.489 e. The zero-order chi connectivity index (χ0) is 19.2. The predicted molar refractivity (Wildman–Crippen MR) is 97.9 cm³/mol. The first-order valence-corrected chi connectivity index (χ1v) is 8.70. The summed E-state index contributed by atoms with van der Waals surface area (Å²) in [5.41, 5.74) is 3.36. The number of nitrogens with one attached hydrogen (secondary N) is 1. The molecule has 1 amide bonds. The summed E-state index contributed by atoms with van der Waals surface area (Å²) in [4.78, 5) is 22.7. The van der Waals surface area contributed by atoms with E-state index in [2.05, 4.69) is 30.4 Å². The monoisotopic (exact) mass is 373 g/mol. The third kappa shape index (κ3) is 4.62. The van der Waals surface area contributed by atoms with Crippen molar-refractivity contribution in [1.82, 2.24) is 20.7 Å². The molecule has 1 aliphatic rings. The molecule has 0 radical (unpaired) electrons. The van der Waals surface area contributed by atoms with Crippen LogP contribution in [-0.4, -0.2) is 54.5 Å². The Morgan fingerprint density at radius 2 is 2.00 bits per heavy atom. The normalized spacial score (nSPS) is 14.7. The van der Waals surface area contributed by atoms with E-state index in [4.69, 9.17) is 9.47 Å². The zero-order valence-corrected chi connectivity index (χ0v) is 15.6. The van der Waals surface area contributed by atoms with Crippen molar-refractivity contribution < 1.29 is 19.1 Å². The smallest absolute Gasteiger partial charge is 0.295 e. The van der Waals surface area contributed by atoms with Gasteiger partial charge in [0.2, 0.25) is 5.88 Å². The van der Waals surface area contributed by atoms with Crippen LogP contribution < -0.4 is 19.9 Å². The third-order valence-corrected chi connectivity index (χ3v) is 4.35. The lowest BCUT2D eigenvalue weighted by atomic mass is 10.1. The molecule has 3 rings (SSSR count). The lowest BCUT2D eigenvalue weighted by Crippen LogP contribution is -2.39. The number of nitrogens with zero attached hydrogens (tertiary/aromatic N) is 4. The van der Waals surface area contributed by atoms with Gasteiger partial charge in [-0.05, 0) is 24.6 Å². The van der Waals surface area contributed by atoms with Gasteiger partial charge in [0.15, 0.2) is 11.5 Å². The maximum absolute atomic E-state index is 11.8. The summed E-state index contributed by atoms with van der Waals surface area (Å²) in [5, 5.41) is 8.23. The van der Waals surface area contributed by atoms with Crippen molar-refractivity contribution in [2.75, 3.05) is 32.2 Å². The van der Waals surface area contributed by atoms with Gasteiger partial charge >= 0.3 is 0 Å². The summed E-state index contributed by atoms with van der Waals surface area (Å²) in [6, 6.07) is 5.35. The topological polar surface area (TPSA) is 98.7 Å². The molecule has 0 aliphatic carbocycles. The summed E-state index contributed by atoms with van der Waals surface area (Å²) in [7, 11) is 2.96. The number of rotatable bonds is 6. The number of anilines is 1. The summed E-state index contributed by atoms with van der Waals surface area (Å²) in [6.07, 6.45) is 3.51. The fourth-order valence-corrected chi connectivity index (χ4v) is 2.98. The van der Waals surface area contributed by atoms with E-state index in [1.54, 1.807) is 25.4 Å². The Hall–Kier alpha value is -2.94. The quantitative estimate of drug-likeness (QED) is 0.761. The van der Waals surface area contributed by atoms with E-state index in [-0.39, 0.29) is 11.8 Å². The molecule has 1 N–H and O–H groups in total. The highest BCUT2D eigenvalue weighted by Crippen LogP contribution is 2.24. The maximum Gasteiger partial charge on any atom is 0.295 e. The molecule has 9 nitrogen and oxygen atoms in total. The van der Waals surface area contributed by atoms with Crippen molar-refractivity contribution in [2.45, 2.75) is 25.9 Å². The number of hydroxylamine groups is 1. The van der Waals surface area contributed by atoms with Gasteiger partial charge in [0.25, 0.3) is 5.91 Å². The minimum atomic E-state index is -0.417. The van der Waals surface area contributed by atoms with Crippen LogP contribution in [0.4, 0.5) is 5.82 Å². The van der Waals surface area contributed by atoms with Gasteiger partial charge in [0.05, 0.1) is 20.4 Å². The molecule has 2 aromatic heterocycles. The number of aromatic nitrogens is 3. The number of methoxy groups -OCH3 is 1. The van der Waals surface area contributed by atoms with E-state index < -0.39 is 5.91 Å². The Labute approximate surface area is 157 Å². The molecule has 1 aliphatic heterocycles. The molecule has 0 spiro atoms. The average molecular weight is 373 g/mol. The Morgan fingerprint density at radius 1 is 1.22 bits per heavy atom. The van der Waals surface area contributed by atoms with E-state index >= 15 is 0 Å². The molecule has 0 saturated carbocycles. The van der Waals surface area contributed by atoms with Crippen LogP contribution in [0, 0.1) is 6.92 Å². The molecule has 27 heavy (non-hydrogen) atoms. The van der Waals surface area contributed by atoms with E-state index in [0.29, 0.717) is 5.88 Å². The summed E-state index contributed by atoms with van der Waals surface area (Å²) in [5.74, 6) is 1.67. The van der Waals surface area contributed by atoms with Gasteiger partial charge in [0, 0.05) is 32.0 Å². The number of aryl methyl sites for hydroxylation is 1. The van der Waals surface area contributed by atoms with Crippen molar-refractivity contribution in [3.63, 3.8) is 0 Å². The Kier molecular flexibility index (Phi) is 6.02. The SMILES string of the molecule is CONC(=O)c1cc(C)c(N2CCC(Oc3ccc(OC)nc3)CC2)nn1. The van der Waals surface area contributed by atoms with Gasteiger partial charge in [-0.1, -0.05) is 0 Å². The number of pyridine rings is 1. The zero-order valence-electron chi connectivity index (χ0n) is 15.6. The van der Waals surface area contributed by atoms with Crippen LogP contribution in [0.3, 0.4) is 0 Å². The van der Waals surface area contributed by atoms with Gasteiger partial charge in [-0.15, -0.1) is 10.2 Å². The molecule has 3 heterocycles. The number of ether oxygens (including phenoxy) is 2. The molecular weight excluding hydrogens is 350 g/mol. The minimum absolute atomic E-state index is 0.122. The molecular formula is C18H23N5O4. The fourth-order valence-electron chi connectivity index (χ4n) is 2.98. The first kappa shape index (κ1) is 18.8. The maximum atomic E-state index is 11.8. The van der Waals surface area contributed by atoms with Gasteiger partial charge in [-0.2, -0.15) is 0 Å². The van der Waals surface area contributed by atoms with Crippen molar-refractivity contribution in [3.8, 4) is 11.6 Å². The summed E-state index contributed by atoms with van der Waals surface area (Å²) < 4.78 is 11.1. The highest BCUT2D eigenvalue weighted by molar-refractivity contribution is 5.91. The number of hydrogen-bond donors (Lipinski definition) is 1. The van der Waals surface area contributed by atoms with Gasteiger partial charge in [-0.3, -0.25) is 9.63 Å². The number of carbonyl (C=O) groups excluding carboxylic acids is 1. The molecule has 1 fully saturated rings. The highest BCUT2D eigenvalue weighted by atomic mass is 16.6.